The first-order valence-corrected chi connectivity index (χ1v) is 2.65. The summed E-state index contributed by atoms with van der Waals surface area (Å²) in [6.45, 7) is 1.96. The number of rotatable bonds is 2. The minimum atomic E-state index is -0.0694. The third-order valence-electron chi connectivity index (χ3n) is 1.06. The van der Waals surface area contributed by atoms with E-state index in [4.69, 9.17) is 17.2 Å². The molecule has 0 aromatic heterocycles. The first-order chi connectivity index (χ1) is 3.72. The summed E-state index contributed by atoms with van der Waals surface area (Å²) in [5.74, 6) is 0. The Morgan fingerprint density at radius 2 is 2.25 bits per heavy atom. The van der Waals surface area contributed by atoms with Gasteiger partial charge in [-0.3, -0.25) is 0 Å². The van der Waals surface area contributed by atoms with Gasteiger partial charge in [-0.2, -0.15) is 0 Å². The maximum Gasteiger partial charge on any atom is 0.0454 e. The minimum Gasteiger partial charge on any atom is -0.403 e. The van der Waals surface area contributed by atoms with Gasteiger partial charge in [-0.05, 0) is 6.42 Å². The molecular weight excluding hydrogens is 102 g/mol. The third kappa shape index (κ3) is 1.84. The molecule has 0 rings (SSSR count). The van der Waals surface area contributed by atoms with E-state index in [1.807, 2.05) is 6.92 Å². The molecule has 0 fully saturated rings. The van der Waals surface area contributed by atoms with E-state index in [0.717, 1.165) is 6.42 Å². The smallest absolute Gasteiger partial charge is 0.0454 e. The highest BCUT2D eigenvalue weighted by molar-refractivity contribution is 5.01. The molecule has 8 heavy (non-hydrogen) atoms. The van der Waals surface area contributed by atoms with Crippen LogP contribution in [-0.2, 0) is 0 Å². The van der Waals surface area contributed by atoms with Gasteiger partial charge in [0.25, 0.3) is 0 Å². The average Bonchev–Trinajstić information content (AvgIpc) is 1.84. The maximum absolute atomic E-state index is 5.45. The van der Waals surface area contributed by atoms with Crippen molar-refractivity contribution >= 4 is 0 Å². The molecule has 0 aromatic carbocycles. The van der Waals surface area contributed by atoms with Gasteiger partial charge in [0.2, 0.25) is 0 Å². The van der Waals surface area contributed by atoms with Gasteiger partial charge in [-0.1, -0.05) is 6.92 Å². The highest BCUT2D eigenvalue weighted by Crippen LogP contribution is 1.91. The van der Waals surface area contributed by atoms with Crippen LogP contribution in [0.3, 0.4) is 0 Å². The Kier molecular flexibility index (Phi) is 3.03. The van der Waals surface area contributed by atoms with Crippen molar-refractivity contribution in [2.45, 2.75) is 19.4 Å². The summed E-state index contributed by atoms with van der Waals surface area (Å²) in [6.07, 6.45) is 2.17. The molecule has 0 aliphatic heterocycles. The maximum atomic E-state index is 5.45. The molecule has 3 heteroatoms. The van der Waals surface area contributed by atoms with Crippen LogP contribution in [0, 0.1) is 0 Å². The van der Waals surface area contributed by atoms with Gasteiger partial charge in [-0.25, -0.2) is 0 Å². The Balaban J connectivity index is 3.63. The fraction of sp³-hybridized carbons (Fsp3) is 0.600. The molecular formula is C5H13N3. The van der Waals surface area contributed by atoms with E-state index in [0.29, 0.717) is 5.70 Å². The fourth-order valence-electron chi connectivity index (χ4n) is 0.359. The lowest BCUT2D eigenvalue weighted by atomic mass is 10.2. The summed E-state index contributed by atoms with van der Waals surface area (Å²) >= 11 is 0. The third-order valence-corrected chi connectivity index (χ3v) is 1.06. The summed E-state index contributed by atoms with van der Waals surface area (Å²) < 4.78 is 0. The second-order valence-corrected chi connectivity index (χ2v) is 1.68. The molecule has 0 spiro atoms. The lowest BCUT2D eigenvalue weighted by molar-refractivity contribution is 0.729. The standard InChI is InChI=1S/C5H13N3/c1-2-4(7)5(8)3-6/h3-4H,2,6-8H2,1H3/b5-3-. The molecule has 3 nitrogen and oxygen atoms in total. The lowest BCUT2D eigenvalue weighted by Gasteiger charge is -2.06. The zero-order valence-electron chi connectivity index (χ0n) is 5.09. The van der Waals surface area contributed by atoms with Crippen LogP contribution < -0.4 is 17.2 Å². The highest BCUT2D eigenvalue weighted by atomic mass is 14.8. The topological polar surface area (TPSA) is 78.1 Å². The summed E-state index contributed by atoms with van der Waals surface area (Å²) in [4.78, 5) is 0. The van der Waals surface area contributed by atoms with Crippen LogP contribution in [-0.4, -0.2) is 6.04 Å². The van der Waals surface area contributed by atoms with E-state index in [-0.39, 0.29) is 6.04 Å². The Labute approximate surface area is 49.5 Å². The second kappa shape index (κ2) is 3.32. The second-order valence-electron chi connectivity index (χ2n) is 1.68. The average molecular weight is 115 g/mol. The molecule has 48 valence electrons. The molecule has 0 aromatic rings. The first-order valence-electron chi connectivity index (χ1n) is 2.65. The van der Waals surface area contributed by atoms with Gasteiger partial charge in [-0.15, -0.1) is 0 Å². The Hall–Kier alpha value is -0.700. The molecule has 0 saturated carbocycles. The summed E-state index contributed by atoms with van der Waals surface area (Å²) in [5.41, 5.74) is 16.4. The van der Waals surface area contributed by atoms with E-state index in [1.165, 1.54) is 6.20 Å². The molecule has 1 unspecified atom stereocenters. The van der Waals surface area contributed by atoms with Gasteiger partial charge in [0, 0.05) is 17.9 Å². The van der Waals surface area contributed by atoms with Crippen LogP contribution in [0.5, 0.6) is 0 Å². The minimum absolute atomic E-state index is 0.0694. The Morgan fingerprint density at radius 3 is 2.38 bits per heavy atom. The van der Waals surface area contributed by atoms with Gasteiger partial charge in [0.05, 0.1) is 0 Å². The number of hydrogen-bond acceptors (Lipinski definition) is 3. The monoisotopic (exact) mass is 115 g/mol. The molecule has 0 amide bonds. The zero-order valence-corrected chi connectivity index (χ0v) is 5.09. The molecule has 0 saturated heterocycles. The lowest BCUT2D eigenvalue weighted by Crippen LogP contribution is -2.27. The molecule has 0 heterocycles. The molecule has 6 N–H and O–H groups in total. The molecule has 1 atom stereocenters. The summed E-state index contributed by atoms with van der Waals surface area (Å²) in [6, 6.07) is -0.0694. The quantitative estimate of drug-likeness (QED) is 0.453. The van der Waals surface area contributed by atoms with Crippen LogP contribution in [0.2, 0.25) is 0 Å². The van der Waals surface area contributed by atoms with E-state index in [1.54, 1.807) is 0 Å². The van der Waals surface area contributed by atoms with E-state index in [2.05, 4.69) is 0 Å². The van der Waals surface area contributed by atoms with E-state index >= 15 is 0 Å². The van der Waals surface area contributed by atoms with Gasteiger partial charge in [0.1, 0.15) is 0 Å². The fourth-order valence-corrected chi connectivity index (χ4v) is 0.359. The van der Waals surface area contributed by atoms with Crippen LogP contribution in [0.1, 0.15) is 13.3 Å². The van der Waals surface area contributed by atoms with Crippen molar-refractivity contribution in [2.24, 2.45) is 17.2 Å². The predicted molar refractivity (Wildman–Crippen MR) is 34.7 cm³/mol. The number of hydrogen-bond donors (Lipinski definition) is 3. The van der Waals surface area contributed by atoms with Crippen molar-refractivity contribution in [2.75, 3.05) is 0 Å². The summed E-state index contributed by atoms with van der Waals surface area (Å²) in [7, 11) is 0. The molecule has 0 aliphatic carbocycles. The van der Waals surface area contributed by atoms with Crippen LogP contribution in [0.25, 0.3) is 0 Å². The van der Waals surface area contributed by atoms with Gasteiger partial charge in [0.15, 0.2) is 0 Å². The van der Waals surface area contributed by atoms with Crippen molar-refractivity contribution in [3.05, 3.63) is 11.9 Å². The van der Waals surface area contributed by atoms with Crippen molar-refractivity contribution in [1.82, 2.24) is 0 Å². The van der Waals surface area contributed by atoms with Crippen LogP contribution in [0.15, 0.2) is 11.9 Å². The Bertz CT molecular complexity index is 87.7. The number of nitrogens with two attached hydrogens (primary N) is 3. The van der Waals surface area contributed by atoms with Crippen molar-refractivity contribution in [1.29, 1.82) is 0 Å². The van der Waals surface area contributed by atoms with Gasteiger partial charge < -0.3 is 17.2 Å². The SMILES string of the molecule is CCC(N)/C(N)=C/N. The molecule has 0 bridgehead atoms. The van der Waals surface area contributed by atoms with Crippen LogP contribution >= 0.6 is 0 Å². The van der Waals surface area contributed by atoms with E-state index < -0.39 is 0 Å². The Morgan fingerprint density at radius 1 is 1.75 bits per heavy atom. The van der Waals surface area contributed by atoms with E-state index in [9.17, 15) is 0 Å². The molecule has 0 radical (unpaired) electrons. The largest absolute Gasteiger partial charge is 0.403 e. The first kappa shape index (κ1) is 7.30. The van der Waals surface area contributed by atoms with Crippen molar-refractivity contribution in [3.8, 4) is 0 Å². The molecule has 0 aliphatic rings. The van der Waals surface area contributed by atoms with Gasteiger partial charge >= 0.3 is 0 Å². The van der Waals surface area contributed by atoms with Crippen molar-refractivity contribution < 1.29 is 0 Å². The zero-order chi connectivity index (χ0) is 6.57. The summed E-state index contributed by atoms with van der Waals surface area (Å²) in [5, 5.41) is 0. The highest BCUT2D eigenvalue weighted by Gasteiger charge is 1.98. The normalized spacial score (nSPS) is 16.0. The van der Waals surface area contributed by atoms with Crippen molar-refractivity contribution in [3.63, 3.8) is 0 Å². The van der Waals surface area contributed by atoms with Crippen LogP contribution in [0.4, 0.5) is 0 Å². The predicted octanol–water partition coefficient (Wildman–Crippen LogP) is -0.517.